The number of nitrogens with zero attached hydrogens (tertiary/aromatic N) is 2. The van der Waals surface area contributed by atoms with E-state index in [1.165, 1.54) is 4.88 Å². The highest BCUT2D eigenvalue weighted by molar-refractivity contribution is 7.12. The lowest BCUT2D eigenvalue weighted by atomic mass is 10.3. The average Bonchev–Trinajstić information content (AvgIpc) is 2.87. The van der Waals surface area contributed by atoms with E-state index in [9.17, 15) is 0 Å². The maximum Gasteiger partial charge on any atom is 0.104 e. The first-order chi connectivity index (χ1) is 9.30. The minimum atomic E-state index is -0.116. The molecule has 0 aliphatic carbocycles. The monoisotopic (exact) mass is 278 g/mol. The summed E-state index contributed by atoms with van der Waals surface area (Å²) >= 11 is 1.62. The van der Waals surface area contributed by atoms with Gasteiger partial charge in [0.2, 0.25) is 0 Å². The van der Waals surface area contributed by atoms with Crippen LogP contribution < -0.4 is 0 Å². The molecule has 0 saturated carbocycles. The number of nitriles is 1. The van der Waals surface area contributed by atoms with Crippen molar-refractivity contribution in [1.29, 1.82) is 5.26 Å². The summed E-state index contributed by atoms with van der Waals surface area (Å²) in [4.78, 5) is 4.36. The molecule has 19 heavy (non-hydrogen) atoms. The van der Waals surface area contributed by atoms with Crippen molar-refractivity contribution in [3.63, 3.8) is 0 Å². The van der Waals surface area contributed by atoms with E-state index in [1.807, 2.05) is 12.1 Å². The zero-order chi connectivity index (χ0) is 13.9. The zero-order valence-corrected chi connectivity index (χ0v) is 11.9. The van der Waals surface area contributed by atoms with E-state index in [2.05, 4.69) is 22.8 Å². The molecule has 1 rings (SSSR count). The van der Waals surface area contributed by atoms with Crippen LogP contribution in [0.1, 0.15) is 16.2 Å². The van der Waals surface area contributed by atoms with Crippen molar-refractivity contribution in [2.75, 3.05) is 33.4 Å². The first-order valence-electron chi connectivity index (χ1n) is 6.07. The summed E-state index contributed by atoms with van der Waals surface area (Å²) in [6.07, 6.45) is 0.520. The lowest BCUT2D eigenvalue weighted by molar-refractivity contribution is 0.146. The molecule has 0 bridgehead atoms. The van der Waals surface area contributed by atoms with Gasteiger partial charge in [-0.05, 0) is 12.1 Å². The van der Waals surface area contributed by atoms with E-state index in [4.69, 9.17) is 15.1 Å². The summed E-state index contributed by atoms with van der Waals surface area (Å²) in [7, 11) is 1.68. The van der Waals surface area contributed by atoms with Gasteiger partial charge in [-0.3, -0.25) is 4.90 Å². The Morgan fingerprint density at radius 1 is 1.42 bits per heavy atom. The molecule has 1 N–H and O–H groups in total. The van der Waals surface area contributed by atoms with Gasteiger partial charge in [0, 0.05) is 38.0 Å². The molecule has 0 aliphatic rings. The number of hydrogen-bond acceptors (Lipinski definition) is 5. The maximum absolute atomic E-state index is 8.66. The average molecular weight is 278 g/mol. The van der Waals surface area contributed by atoms with Crippen LogP contribution in [0.5, 0.6) is 0 Å². The Kier molecular flexibility index (Phi) is 7.88. The molecule has 0 radical (unpaired) electrons. The summed E-state index contributed by atoms with van der Waals surface area (Å²) < 4.78 is 5.08. The van der Waals surface area contributed by atoms with Crippen LogP contribution in [0.4, 0.5) is 0 Å². The Labute approximate surface area is 118 Å². The van der Waals surface area contributed by atoms with Gasteiger partial charge in [-0.25, -0.2) is 0 Å². The topological polar surface area (TPSA) is 56.5 Å². The van der Waals surface area contributed by atoms with Crippen molar-refractivity contribution in [3.05, 3.63) is 21.9 Å². The third-order valence-corrected chi connectivity index (χ3v) is 3.47. The fourth-order valence-electron chi connectivity index (χ4n) is 1.58. The van der Waals surface area contributed by atoms with E-state index >= 15 is 0 Å². The first-order valence-corrected chi connectivity index (χ1v) is 6.88. The number of aliphatic hydroxyl groups excluding tert-OH is 1. The fraction of sp³-hybridized carbons (Fsp3) is 0.500. The van der Waals surface area contributed by atoms with E-state index in [0.717, 1.165) is 24.5 Å². The molecule has 0 fully saturated rings. The smallest absolute Gasteiger partial charge is 0.104 e. The van der Waals surface area contributed by atoms with Crippen LogP contribution in [0.25, 0.3) is 0 Å². The van der Waals surface area contributed by atoms with E-state index in [1.54, 1.807) is 18.4 Å². The molecule has 0 atom stereocenters. The molecule has 1 heterocycles. The first kappa shape index (κ1) is 15.7. The largest absolute Gasteiger partial charge is 0.384 e. The zero-order valence-electron chi connectivity index (χ0n) is 11.1. The fourth-order valence-corrected chi connectivity index (χ4v) is 2.50. The molecule has 102 valence electrons. The van der Waals surface area contributed by atoms with Crippen LogP contribution in [0.2, 0.25) is 0 Å². The predicted molar refractivity (Wildman–Crippen MR) is 75.7 cm³/mol. The lowest BCUT2D eigenvalue weighted by Crippen LogP contribution is -2.27. The van der Waals surface area contributed by atoms with Gasteiger partial charge in [-0.2, -0.15) is 5.26 Å². The minimum Gasteiger partial charge on any atom is -0.384 e. The van der Waals surface area contributed by atoms with E-state index < -0.39 is 0 Å². The predicted octanol–water partition coefficient (Wildman–Crippen LogP) is 1.45. The van der Waals surface area contributed by atoms with Gasteiger partial charge in [0.15, 0.2) is 0 Å². The van der Waals surface area contributed by atoms with Crippen LogP contribution in [-0.2, 0) is 11.3 Å². The Balaban J connectivity index is 2.56. The van der Waals surface area contributed by atoms with Crippen LogP contribution in [0.3, 0.4) is 0 Å². The van der Waals surface area contributed by atoms with E-state index in [-0.39, 0.29) is 6.61 Å². The molecular weight excluding hydrogens is 260 g/mol. The lowest BCUT2D eigenvalue weighted by Gasteiger charge is -2.19. The number of hydrogen-bond donors (Lipinski definition) is 1. The summed E-state index contributed by atoms with van der Waals surface area (Å²) in [5.41, 5.74) is 0. The minimum absolute atomic E-state index is 0.116. The van der Waals surface area contributed by atoms with Crippen molar-refractivity contribution in [3.8, 4) is 17.9 Å². The Morgan fingerprint density at radius 2 is 2.26 bits per heavy atom. The van der Waals surface area contributed by atoms with Crippen LogP contribution in [0.15, 0.2) is 12.1 Å². The Morgan fingerprint density at radius 3 is 2.95 bits per heavy atom. The molecule has 0 saturated heterocycles. The second-order valence-electron chi connectivity index (χ2n) is 3.90. The molecule has 0 spiro atoms. The second kappa shape index (κ2) is 9.55. The molecule has 5 heteroatoms. The number of ether oxygens (including phenoxy) is 1. The molecular formula is C14H18N2O2S. The highest BCUT2D eigenvalue weighted by atomic mass is 32.1. The van der Waals surface area contributed by atoms with Crippen molar-refractivity contribution in [2.45, 2.75) is 13.0 Å². The normalized spacial score (nSPS) is 10.0. The third-order valence-electron chi connectivity index (χ3n) is 2.48. The van der Waals surface area contributed by atoms with Gasteiger partial charge < -0.3 is 9.84 Å². The molecule has 0 aromatic carbocycles. The maximum atomic E-state index is 8.66. The van der Waals surface area contributed by atoms with Gasteiger partial charge >= 0.3 is 0 Å². The molecule has 0 amide bonds. The van der Waals surface area contributed by atoms with Crippen molar-refractivity contribution < 1.29 is 9.84 Å². The number of methoxy groups -OCH3 is 1. The highest BCUT2D eigenvalue weighted by Gasteiger charge is 2.07. The Bertz CT molecular complexity index is 468. The van der Waals surface area contributed by atoms with Gasteiger partial charge in [-0.1, -0.05) is 11.8 Å². The summed E-state index contributed by atoms with van der Waals surface area (Å²) in [5, 5.41) is 17.3. The van der Waals surface area contributed by atoms with Gasteiger partial charge in [0.05, 0.1) is 17.6 Å². The quantitative estimate of drug-likeness (QED) is 0.767. The van der Waals surface area contributed by atoms with Crippen molar-refractivity contribution in [2.24, 2.45) is 0 Å². The van der Waals surface area contributed by atoms with Crippen molar-refractivity contribution >= 4 is 11.3 Å². The molecule has 1 aromatic rings. The number of rotatable bonds is 7. The van der Waals surface area contributed by atoms with E-state index in [0.29, 0.717) is 13.0 Å². The third kappa shape index (κ3) is 6.37. The van der Waals surface area contributed by atoms with Crippen LogP contribution >= 0.6 is 11.3 Å². The SMILES string of the molecule is COCCN(CCC#N)Cc1ccc(C#CCO)s1. The second-order valence-corrected chi connectivity index (χ2v) is 5.07. The molecule has 4 nitrogen and oxygen atoms in total. The van der Waals surface area contributed by atoms with Gasteiger partial charge in [0.1, 0.15) is 6.61 Å². The standard InChI is InChI=1S/C14H18N2O2S/c1-18-11-9-16(8-3-7-15)12-14-6-5-13(19-14)4-2-10-17/h5-6,17H,3,8-12H2,1H3. The molecule has 1 aromatic heterocycles. The summed E-state index contributed by atoms with van der Waals surface area (Å²) in [5.74, 6) is 5.54. The summed E-state index contributed by atoms with van der Waals surface area (Å²) in [6.45, 7) is 2.91. The van der Waals surface area contributed by atoms with Crippen molar-refractivity contribution in [1.82, 2.24) is 4.90 Å². The highest BCUT2D eigenvalue weighted by Crippen LogP contribution is 2.17. The Hall–Kier alpha value is -1.37. The van der Waals surface area contributed by atoms with Gasteiger partial charge in [-0.15, -0.1) is 11.3 Å². The molecule has 0 unspecified atom stereocenters. The van der Waals surface area contributed by atoms with Gasteiger partial charge in [0.25, 0.3) is 0 Å². The molecule has 0 aliphatic heterocycles. The number of aliphatic hydroxyl groups is 1. The summed E-state index contributed by atoms with van der Waals surface area (Å²) in [6, 6.07) is 6.16. The number of thiophene rings is 1. The van der Waals surface area contributed by atoms with Crippen LogP contribution in [0, 0.1) is 23.2 Å². The van der Waals surface area contributed by atoms with Crippen LogP contribution in [-0.4, -0.2) is 43.4 Å².